The van der Waals surface area contributed by atoms with Gasteiger partial charge in [-0.3, -0.25) is 0 Å². The number of likely N-dealkylation sites (N-methyl/N-ethyl adjacent to an activating group) is 1. The molecule has 0 fully saturated rings. The normalized spacial score (nSPS) is 11.6. The zero-order valence-corrected chi connectivity index (χ0v) is 10.8. The van der Waals surface area contributed by atoms with Crippen LogP contribution in [0, 0.1) is 0 Å². The Morgan fingerprint density at radius 2 is 2.33 bits per heavy atom. The minimum atomic E-state index is 0.0829. The molecular formula is C12H20N4O2. The van der Waals surface area contributed by atoms with Gasteiger partial charge in [0, 0.05) is 31.5 Å². The van der Waals surface area contributed by atoms with Crippen LogP contribution in [0.25, 0.3) is 0 Å². The van der Waals surface area contributed by atoms with Gasteiger partial charge in [0.15, 0.2) is 5.84 Å². The van der Waals surface area contributed by atoms with Crippen molar-refractivity contribution in [3.63, 3.8) is 0 Å². The largest absolute Gasteiger partial charge is 0.409 e. The molecule has 0 spiro atoms. The fraction of sp³-hybridized carbons (Fsp3) is 0.500. The summed E-state index contributed by atoms with van der Waals surface area (Å²) in [4.78, 5) is 6.36. The van der Waals surface area contributed by atoms with E-state index < -0.39 is 0 Å². The highest BCUT2D eigenvalue weighted by Crippen LogP contribution is 2.12. The molecule has 0 amide bonds. The van der Waals surface area contributed by atoms with Gasteiger partial charge in [-0.1, -0.05) is 5.16 Å². The average molecular weight is 252 g/mol. The molecule has 0 aliphatic heterocycles. The van der Waals surface area contributed by atoms with Crippen molar-refractivity contribution < 1.29 is 9.94 Å². The van der Waals surface area contributed by atoms with Crippen LogP contribution in [0.15, 0.2) is 23.5 Å². The maximum atomic E-state index is 8.66. The minimum Gasteiger partial charge on any atom is -0.409 e. The molecule has 1 rings (SSSR count). The number of nitrogens with two attached hydrogens (primary N) is 1. The summed E-state index contributed by atoms with van der Waals surface area (Å²) in [6.07, 6.45) is 1.64. The number of aromatic nitrogens is 1. The first kappa shape index (κ1) is 14.2. The third-order valence-electron chi connectivity index (χ3n) is 2.56. The SMILES string of the molecule is CCOCCN(CC)c1cc(/C(N)=N/O)ccn1. The maximum Gasteiger partial charge on any atom is 0.170 e. The number of anilines is 1. The van der Waals surface area contributed by atoms with Crippen molar-refractivity contribution in [1.82, 2.24) is 4.98 Å². The van der Waals surface area contributed by atoms with Gasteiger partial charge in [0.05, 0.1) is 6.61 Å². The van der Waals surface area contributed by atoms with Crippen molar-refractivity contribution in [1.29, 1.82) is 0 Å². The molecule has 0 aliphatic carbocycles. The summed E-state index contributed by atoms with van der Waals surface area (Å²) in [7, 11) is 0. The van der Waals surface area contributed by atoms with Crippen LogP contribution in [0.1, 0.15) is 19.4 Å². The zero-order chi connectivity index (χ0) is 13.4. The first-order chi connectivity index (χ1) is 8.72. The van der Waals surface area contributed by atoms with Crippen LogP contribution in [0.5, 0.6) is 0 Å². The summed E-state index contributed by atoms with van der Waals surface area (Å²) in [5, 5.41) is 11.6. The second-order valence-corrected chi connectivity index (χ2v) is 3.66. The molecule has 0 saturated carbocycles. The standard InChI is InChI=1S/C12H20N4O2/c1-3-16(7-8-18-4-2)11-9-10(5-6-14-11)12(13)15-17/h5-6,9,17H,3-4,7-8H2,1-2H3,(H2,13,15). The maximum absolute atomic E-state index is 8.66. The molecule has 6 heteroatoms. The van der Waals surface area contributed by atoms with Crippen molar-refractivity contribution in [3.8, 4) is 0 Å². The van der Waals surface area contributed by atoms with E-state index in [1.807, 2.05) is 13.8 Å². The fourth-order valence-corrected chi connectivity index (χ4v) is 1.56. The third-order valence-corrected chi connectivity index (χ3v) is 2.56. The van der Waals surface area contributed by atoms with Crippen molar-refractivity contribution in [2.45, 2.75) is 13.8 Å². The molecule has 0 atom stereocenters. The Labute approximate surface area is 107 Å². The molecule has 0 saturated heterocycles. The molecule has 0 aliphatic rings. The minimum absolute atomic E-state index is 0.0829. The lowest BCUT2D eigenvalue weighted by molar-refractivity contribution is 0.154. The van der Waals surface area contributed by atoms with Crippen LogP contribution in [-0.4, -0.2) is 42.3 Å². The van der Waals surface area contributed by atoms with E-state index in [2.05, 4.69) is 15.0 Å². The van der Waals surface area contributed by atoms with Gasteiger partial charge in [-0.05, 0) is 26.0 Å². The highest BCUT2D eigenvalue weighted by Gasteiger charge is 2.08. The Hall–Kier alpha value is -1.82. The predicted octanol–water partition coefficient (Wildman–Crippen LogP) is 1.04. The number of hydrogen-bond donors (Lipinski definition) is 2. The lowest BCUT2D eigenvalue weighted by Gasteiger charge is -2.22. The van der Waals surface area contributed by atoms with Crippen molar-refractivity contribution in [3.05, 3.63) is 23.9 Å². The topological polar surface area (TPSA) is 84.0 Å². The summed E-state index contributed by atoms with van der Waals surface area (Å²) in [5.41, 5.74) is 6.21. The summed E-state index contributed by atoms with van der Waals surface area (Å²) in [6, 6.07) is 3.50. The van der Waals surface area contributed by atoms with Gasteiger partial charge in [-0.2, -0.15) is 0 Å². The predicted molar refractivity (Wildman–Crippen MR) is 71.1 cm³/mol. The lowest BCUT2D eigenvalue weighted by Crippen LogP contribution is -2.28. The summed E-state index contributed by atoms with van der Waals surface area (Å²) in [5.74, 6) is 0.876. The third kappa shape index (κ3) is 3.89. The molecule has 18 heavy (non-hydrogen) atoms. The molecule has 3 N–H and O–H groups in total. The Balaban J connectivity index is 2.79. The Kier molecular flexibility index (Phi) is 5.93. The van der Waals surface area contributed by atoms with E-state index >= 15 is 0 Å². The van der Waals surface area contributed by atoms with Crippen molar-refractivity contribution >= 4 is 11.7 Å². The lowest BCUT2D eigenvalue weighted by atomic mass is 10.2. The molecule has 0 unspecified atom stereocenters. The van der Waals surface area contributed by atoms with Gasteiger partial charge in [-0.25, -0.2) is 4.98 Å². The number of oxime groups is 1. The van der Waals surface area contributed by atoms with E-state index in [0.29, 0.717) is 18.8 Å². The van der Waals surface area contributed by atoms with Gasteiger partial charge >= 0.3 is 0 Å². The van der Waals surface area contributed by atoms with Crippen LogP contribution in [0.2, 0.25) is 0 Å². The number of amidine groups is 1. The first-order valence-electron chi connectivity index (χ1n) is 5.99. The van der Waals surface area contributed by atoms with Crippen molar-refractivity contribution in [2.24, 2.45) is 10.9 Å². The Morgan fingerprint density at radius 1 is 1.56 bits per heavy atom. The smallest absolute Gasteiger partial charge is 0.170 e. The first-order valence-corrected chi connectivity index (χ1v) is 5.99. The van der Waals surface area contributed by atoms with Gasteiger partial charge in [-0.15, -0.1) is 0 Å². The van der Waals surface area contributed by atoms with E-state index in [4.69, 9.17) is 15.7 Å². The summed E-state index contributed by atoms with van der Waals surface area (Å²) >= 11 is 0. The Morgan fingerprint density at radius 3 is 2.94 bits per heavy atom. The number of pyridine rings is 1. The second-order valence-electron chi connectivity index (χ2n) is 3.66. The molecule has 1 heterocycles. The molecular weight excluding hydrogens is 232 g/mol. The van der Waals surface area contributed by atoms with Gasteiger partial charge in [0.25, 0.3) is 0 Å². The molecule has 0 aromatic carbocycles. The van der Waals surface area contributed by atoms with Crippen LogP contribution < -0.4 is 10.6 Å². The van der Waals surface area contributed by atoms with E-state index in [9.17, 15) is 0 Å². The van der Waals surface area contributed by atoms with E-state index in [-0.39, 0.29) is 5.84 Å². The van der Waals surface area contributed by atoms with Crippen LogP contribution in [-0.2, 0) is 4.74 Å². The average Bonchev–Trinajstić information content (AvgIpc) is 2.43. The van der Waals surface area contributed by atoms with Gasteiger partial charge in [0.2, 0.25) is 0 Å². The second kappa shape index (κ2) is 7.50. The molecule has 1 aromatic heterocycles. The molecule has 0 radical (unpaired) electrons. The van der Waals surface area contributed by atoms with Crippen LogP contribution in [0.3, 0.4) is 0 Å². The highest BCUT2D eigenvalue weighted by molar-refractivity contribution is 5.97. The Bertz CT molecular complexity index is 395. The highest BCUT2D eigenvalue weighted by atomic mass is 16.5. The summed E-state index contributed by atoms with van der Waals surface area (Å²) < 4.78 is 5.33. The summed E-state index contributed by atoms with van der Waals surface area (Å²) in [6.45, 7) is 6.95. The fourth-order valence-electron chi connectivity index (χ4n) is 1.56. The quantitative estimate of drug-likeness (QED) is 0.249. The van der Waals surface area contributed by atoms with Crippen LogP contribution >= 0.6 is 0 Å². The number of rotatable bonds is 7. The van der Waals surface area contributed by atoms with Gasteiger partial charge in [0.1, 0.15) is 5.82 Å². The molecule has 1 aromatic rings. The molecule has 6 nitrogen and oxygen atoms in total. The number of hydrogen-bond acceptors (Lipinski definition) is 5. The molecule has 0 bridgehead atoms. The van der Waals surface area contributed by atoms with Gasteiger partial charge < -0.3 is 20.6 Å². The monoisotopic (exact) mass is 252 g/mol. The van der Waals surface area contributed by atoms with Crippen molar-refractivity contribution in [2.75, 3.05) is 31.2 Å². The van der Waals surface area contributed by atoms with E-state index in [1.54, 1.807) is 18.3 Å². The van der Waals surface area contributed by atoms with E-state index in [1.165, 1.54) is 0 Å². The van der Waals surface area contributed by atoms with E-state index in [0.717, 1.165) is 18.9 Å². The number of ether oxygens (including phenoxy) is 1. The van der Waals surface area contributed by atoms with Crippen LogP contribution in [0.4, 0.5) is 5.82 Å². The zero-order valence-electron chi connectivity index (χ0n) is 10.8. The molecule has 100 valence electrons. The number of nitrogens with zero attached hydrogens (tertiary/aromatic N) is 3.